The summed E-state index contributed by atoms with van der Waals surface area (Å²) in [6.07, 6.45) is 3.47. The molecule has 1 amide bonds. The zero-order valence-corrected chi connectivity index (χ0v) is 13.4. The lowest BCUT2D eigenvalue weighted by atomic mass is 10.0. The molecule has 1 N–H and O–H groups in total. The van der Waals surface area contributed by atoms with Crippen LogP contribution in [0.2, 0.25) is 0 Å². The normalized spacial score (nSPS) is 14.0. The van der Waals surface area contributed by atoms with Gasteiger partial charge in [-0.05, 0) is 31.6 Å². The molecule has 0 aliphatic rings. The monoisotopic (exact) mass is 320 g/mol. The lowest BCUT2D eigenvalue weighted by molar-refractivity contribution is -0.508. The minimum absolute atomic E-state index is 0.0232. The average molecular weight is 320 g/mol. The lowest BCUT2D eigenvalue weighted by Crippen LogP contribution is -2.31. The number of amides is 1. The number of pyridine rings is 1. The zero-order chi connectivity index (χ0) is 17.4. The summed E-state index contributed by atoms with van der Waals surface area (Å²) >= 11 is 0. The van der Waals surface area contributed by atoms with Gasteiger partial charge in [-0.25, -0.2) is 0 Å². The molecule has 124 valence electrons. The summed E-state index contributed by atoms with van der Waals surface area (Å²) in [5.41, 5.74) is 1.49. The average Bonchev–Trinajstić information content (AvgIpc) is 2.54. The quantitative estimate of drug-likeness (QED) is 0.341. The number of nitroso groups, excluding NO2 is 1. The van der Waals surface area contributed by atoms with Crippen LogP contribution in [0.15, 0.2) is 35.2 Å². The van der Waals surface area contributed by atoms with Crippen molar-refractivity contribution in [3.05, 3.63) is 56.3 Å². The van der Waals surface area contributed by atoms with Gasteiger partial charge < -0.3 is 5.32 Å². The van der Waals surface area contributed by atoms with Gasteiger partial charge in [-0.2, -0.15) is 4.91 Å². The predicted molar refractivity (Wildman–Crippen MR) is 85.7 cm³/mol. The molecule has 0 radical (unpaired) electrons. The Morgan fingerprint density at radius 3 is 2.78 bits per heavy atom. The Labute approximate surface area is 134 Å². The molecule has 0 saturated heterocycles. The predicted octanol–water partition coefficient (Wildman–Crippen LogP) is 2.26. The molecule has 0 bridgehead atoms. The van der Waals surface area contributed by atoms with E-state index in [1.165, 1.54) is 13.0 Å². The van der Waals surface area contributed by atoms with Gasteiger partial charge in [0, 0.05) is 35.9 Å². The van der Waals surface area contributed by atoms with E-state index in [2.05, 4.69) is 15.5 Å². The van der Waals surface area contributed by atoms with Crippen LogP contribution in [-0.4, -0.2) is 34.4 Å². The Morgan fingerprint density at radius 2 is 2.26 bits per heavy atom. The van der Waals surface area contributed by atoms with Gasteiger partial charge in [-0.15, -0.1) is 0 Å². The maximum Gasteiger partial charge on any atom is 0.253 e. The van der Waals surface area contributed by atoms with Gasteiger partial charge in [0.15, 0.2) is 0 Å². The third-order valence-electron chi connectivity index (χ3n) is 3.53. The molecule has 0 aliphatic carbocycles. The van der Waals surface area contributed by atoms with E-state index in [1.807, 2.05) is 0 Å². The number of carbonyl (C=O) groups excluding carboxylic acids is 1. The van der Waals surface area contributed by atoms with Crippen molar-refractivity contribution in [2.45, 2.75) is 39.3 Å². The van der Waals surface area contributed by atoms with Crippen LogP contribution in [0.4, 0.5) is 0 Å². The van der Waals surface area contributed by atoms with Crippen molar-refractivity contribution in [3.63, 3.8) is 0 Å². The number of rotatable bonds is 8. The van der Waals surface area contributed by atoms with Gasteiger partial charge in [-0.3, -0.25) is 19.9 Å². The standard InChI is InChI=1S/C15H20N4O4/c1-4-12(11(3)19(22)23)8-13(18-21)9-17-15(20)14-6-5-7-16-10(14)2/h5-8,11,13H,4,9H2,1-3H3,(H,17,20). The number of aromatic nitrogens is 1. The minimum atomic E-state index is -0.888. The summed E-state index contributed by atoms with van der Waals surface area (Å²) < 4.78 is 0. The van der Waals surface area contributed by atoms with Crippen LogP contribution in [0.3, 0.4) is 0 Å². The molecule has 1 aromatic heterocycles. The van der Waals surface area contributed by atoms with Crippen molar-refractivity contribution in [3.8, 4) is 0 Å². The van der Waals surface area contributed by atoms with Gasteiger partial charge in [0.05, 0.1) is 5.56 Å². The number of hydrogen-bond acceptors (Lipinski definition) is 6. The maximum atomic E-state index is 12.1. The van der Waals surface area contributed by atoms with E-state index in [0.717, 1.165) is 0 Å². The third kappa shape index (κ3) is 5.24. The fourth-order valence-corrected chi connectivity index (χ4v) is 2.08. The van der Waals surface area contributed by atoms with Crippen LogP contribution < -0.4 is 5.32 Å². The Kier molecular flexibility index (Phi) is 6.98. The molecule has 1 rings (SSSR count). The number of carbonyl (C=O) groups is 1. The third-order valence-corrected chi connectivity index (χ3v) is 3.53. The van der Waals surface area contributed by atoms with E-state index >= 15 is 0 Å². The summed E-state index contributed by atoms with van der Waals surface area (Å²) in [7, 11) is 0. The van der Waals surface area contributed by atoms with E-state index in [1.54, 1.807) is 32.2 Å². The molecule has 1 aromatic rings. The number of hydrogen-bond donors (Lipinski definition) is 1. The molecule has 23 heavy (non-hydrogen) atoms. The molecule has 0 aromatic carbocycles. The van der Waals surface area contributed by atoms with Crippen LogP contribution in [0.1, 0.15) is 36.3 Å². The molecule has 0 saturated carbocycles. The first-order chi connectivity index (χ1) is 10.9. The minimum Gasteiger partial charge on any atom is -0.349 e. The Morgan fingerprint density at radius 1 is 1.57 bits per heavy atom. The van der Waals surface area contributed by atoms with Gasteiger partial charge >= 0.3 is 0 Å². The highest BCUT2D eigenvalue weighted by molar-refractivity contribution is 5.95. The zero-order valence-electron chi connectivity index (χ0n) is 13.4. The van der Waals surface area contributed by atoms with Crippen molar-refractivity contribution in [1.82, 2.24) is 10.3 Å². The van der Waals surface area contributed by atoms with Crippen molar-refractivity contribution in [1.29, 1.82) is 0 Å². The molecule has 0 fully saturated rings. The molecular weight excluding hydrogens is 300 g/mol. The number of nitrogens with zero attached hydrogens (tertiary/aromatic N) is 3. The Hall–Kier alpha value is -2.64. The van der Waals surface area contributed by atoms with Crippen molar-refractivity contribution in [2.24, 2.45) is 5.18 Å². The van der Waals surface area contributed by atoms with Gasteiger partial charge in [0.25, 0.3) is 5.91 Å². The molecule has 8 nitrogen and oxygen atoms in total. The first kappa shape index (κ1) is 18.4. The lowest BCUT2D eigenvalue weighted by Gasteiger charge is -2.11. The van der Waals surface area contributed by atoms with Gasteiger partial charge in [0.2, 0.25) is 6.04 Å². The van der Waals surface area contributed by atoms with E-state index in [-0.39, 0.29) is 12.5 Å². The first-order valence-electron chi connectivity index (χ1n) is 7.27. The highest BCUT2D eigenvalue weighted by Crippen LogP contribution is 2.12. The van der Waals surface area contributed by atoms with Crippen LogP contribution in [-0.2, 0) is 0 Å². The highest BCUT2D eigenvalue weighted by Gasteiger charge is 2.20. The van der Waals surface area contributed by atoms with Crippen molar-refractivity contribution < 1.29 is 9.72 Å². The molecule has 2 atom stereocenters. The summed E-state index contributed by atoms with van der Waals surface area (Å²) in [5, 5.41) is 16.4. The van der Waals surface area contributed by atoms with E-state index in [0.29, 0.717) is 23.3 Å². The second-order valence-electron chi connectivity index (χ2n) is 5.08. The Balaban J connectivity index is 2.77. The van der Waals surface area contributed by atoms with E-state index in [4.69, 9.17) is 0 Å². The second kappa shape index (κ2) is 8.72. The molecule has 0 spiro atoms. The van der Waals surface area contributed by atoms with Gasteiger partial charge in [-0.1, -0.05) is 12.1 Å². The summed E-state index contributed by atoms with van der Waals surface area (Å²) in [4.78, 5) is 37.4. The fourth-order valence-electron chi connectivity index (χ4n) is 2.08. The molecule has 0 aliphatic heterocycles. The molecule has 1 heterocycles. The van der Waals surface area contributed by atoms with Crippen molar-refractivity contribution >= 4 is 5.91 Å². The smallest absolute Gasteiger partial charge is 0.253 e. The highest BCUT2D eigenvalue weighted by atomic mass is 16.6. The largest absolute Gasteiger partial charge is 0.349 e. The first-order valence-corrected chi connectivity index (χ1v) is 7.27. The summed E-state index contributed by atoms with van der Waals surface area (Å²) in [6.45, 7) is 4.91. The Bertz CT molecular complexity index is 615. The second-order valence-corrected chi connectivity index (χ2v) is 5.08. The SMILES string of the molecule is CCC(=CC(CNC(=O)c1cccnc1C)N=O)C(C)[N+](=O)[O-]. The molecule has 2 unspecified atom stereocenters. The number of aryl methyl sites for hydroxylation is 1. The van der Waals surface area contributed by atoms with E-state index < -0.39 is 17.0 Å². The summed E-state index contributed by atoms with van der Waals surface area (Å²) in [5.74, 6) is -0.363. The van der Waals surface area contributed by atoms with Crippen LogP contribution >= 0.6 is 0 Å². The molecular formula is C15H20N4O4. The maximum absolute atomic E-state index is 12.1. The van der Waals surface area contributed by atoms with Gasteiger partial charge in [0.1, 0.15) is 6.04 Å². The fraction of sp³-hybridized carbons (Fsp3) is 0.467. The topological polar surface area (TPSA) is 115 Å². The van der Waals surface area contributed by atoms with Crippen LogP contribution in [0.5, 0.6) is 0 Å². The van der Waals surface area contributed by atoms with Crippen LogP contribution in [0, 0.1) is 21.9 Å². The number of nitro groups is 1. The molecule has 8 heteroatoms. The summed E-state index contributed by atoms with van der Waals surface area (Å²) in [6, 6.07) is 1.53. The van der Waals surface area contributed by atoms with Crippen molar-refractivity contribution in [2.75, 3.05) is 6.54 Å². The van der Waals surface area contributed by atoms with E-state index in [9.17, 15) is 19.8 Å². The van der Waals surface area contributed by atoms with Crippen LogP contribution in [0.25, 0.3) is 0 Å². The number of nitrogens with one attached hydrogen (secondary N) is 1.